The first kappa shape index (κ1) is 23.4. The highest BCUT2D eigenvalue weighted by Gasteiger charge is 2.18. The third-order valence-corrected chi connectivity index (χ3v) is 6.97. The van der Waals surface area contributed by atoms with E-state index in [-0.39, 0.29) is 12.5 Å². The van der Waals surface area contributed by atoms with Crippen LogP contribution in [0.25, 0.3) is 10.9 Å². The quantitative estimate of drug-likeness (QED) is 0.407. The zero-order chi connectivity index (χ0) is 23.2. The Bertz CT molecular complexity index is 1160. The summed E-state index contributed by atoms with van der Waals surface area (Å²) in [6.45, 7) is 7.64. The first-order valence-electron chi connectivity index (χ1n) is 11.0. The molecule has 1 aliphatic heterocycles. The summed E-state index contributed by atoms with van der Waals surface area (Å²) in [5.41, 5.74) is 3.38. The van der Waals surface area contributed by atoms with Crippen LogP contribution in [0.2, 0.25) is 5.02 Å². The van der Waals surface area contributed by atoms with Crippen molar-refractivity contribution in [1.82, 2.24) is 14.9 Å². The molecule has 1 aromatic carbocycles. The van der Waals surface area contributed by atoms with Gasteiger partial charge in [-0.2, -0.15) is 0 Å². The Morgan fingerprint density at radius 1 is 1.30 bits per heavy atom. The molecule has 3 heterocycles. The van der Waals surface area contributed by atoms with Crippen LogP contribution in [0.5, 0.6) is 5.75 Å². The first-order chi connectivity index (χ1) is 16.1. The van der Waals surface area contributed by atoms with E-state index in [0.717, 1.165) is 58.7 Å². The van der Waals surface area contributed by atoms with Crippen LogP contribution in [-0.2, 0) is 11.4 Å². The summed E-state index contributed by atoms with van der Waals surface area (Å²) in [7, 11) is 0. The topological polar surface area (TPSA) is 67.4 Å². The summed E-state index contributed by atoms with van der Waals surface area (Å²) in [6.07, 6.45) is 8.36. The number of pyridine rings is 2. The number of anilines is 1. The van der Waals surface area contributed by atoms with E-state index >= 15 is 0 Å². The third-order valence-electron chi connectivity index (χ3n) is 5.59. The van der Waals surface area contributed by atoms with Gasteiger partial charge in [0, 0.05) is 52.7 Å². The molecule has 6 nitrogen and oxygen atoms in total. The Balaban J connectivity index is 1.52. The Hall–Kier alpha value is -2.77. The molecule has 0 unspecified atom stereocenters. The van der Waals surface area contributed by atoms with E-state index in [0.29, 0.717) is 16.5 Å². The van der Waals surface area contributed by atoms with Gasteiger partial charge in [0.05, 0.1) is 10.8 Å². The summed E-state index contributed by atoms with van der Waals surface area (Å²) >= 11 is 7.94. The molecule has 0 aliphatic carbocycles. The number of carbonyl (C=O) groups is 1. The highest BCUT2D eigenvalue weighted by atomic mass is 35.5. The molecule has 0 radical (unpaired) electrons. The number of nitrogens with one attached hydrogen (secondary N) is 1. The van der Waals surface area contributed by atoms with E-state index in [1.807, 2.05) is 36.1 Å². The second-order valence-electron chi connectivity index (χ2n) is 7.93. The zero-order valence-corrected chi connectivity index (χ0v) is 20.2. The molecular formula is C25H27ClN4O2S. The first-order valence-corrected chi connectivity index (χ1v) is 12.4. The summed E-state index contributed by atoms with van der Waals surface area (Å²) < 4.78 is 6.20. The number of halogens is 1. The zero-order valence-electron chi connectivity index (χ0n) is 18.6. The van der Waals surface area contributed by atoms with Gasteiger partial charge in [-0.25, -0.2) is 4.98 Å². The standard InChI is InChI=1S/C25H27ClN4O2S/c1-3-28-21-12-17(2)29-25-18(21)8-7-9-22(25)32-15-19-20(26)13-27-14-23(19)33-16-24(31)30-10-5-4-6-11-30/h3,7-9,12-14H,1,4-6,10-11,15-16H2,2H3,(H,28,29). The van der Waals surface area contributed by atoms with Crippen molar-refractivity contribution in [3.8, 4) is 5.75 Å². The molecule has 1 saturated heterocycles. The molecule has 3 aromatic rings. The van der Waals surface area contributed by atoms with Crippen molar-refractivity contribution < 1.29 is 9.53 Å². The van der Waals surface area contributed by atoms with E-state index in [4.69, 9.17) is 16.3 Å². The molecule has 0 spiro atoms. The van der Waals surface area contributed by atoms with Gasteiger partial charge >= 0.3 is 0 Å². The Morgan fingerprint density at radius 2 is 2.12 bits per heavy atom. The fourth-order valence-corrected chi connectivity index (χ4v) is 5.14. The number of aromatic nitrogens is 2. The van der Waals surface area contributed by atoms with E-state index < -0.39 is 0 Å². The van der Waals surface area contributed by atoms with Gasteiger partial charge in [-0.05, 0) is 44.5 Å². The van der Waals surface area contributed by atoms with Crippen LogP contribution in [0.4, 0.5) is 5.69 Å². The third kappa shape index (κ3) is 5.60. The molecular weight excluding hydrogens is 456 g/mol. The van der Waals surface area contributed by atoms with Crippen molar-refractivity contribution >= 4 is 45.9 Å². The van der Waals surface area contributed by atoms with Crippen LogP contribution >= 0.6 is 23.4 Å². The minimum absolute atomic E-state index is 0.155. The average molecular weight is 483 g/mol. The number of aryl methyl sites for hydroxylation is 1. The molecule has 2 aromatic heterocycles. The van der Waals surface area contributed by atoms with Crippen LogP contribution < -0.4 is 10.1 Å². The van der Waals surface area contributed by atoms with Crippen molar-refractivity contribution in [2.75, 3.05) is 24.2 Å². The van der Waals surface area contributed by atoms with Gasteiger partial charge in [0.15, 0.2) is 0 Å². The highest BCUT2D eigenvalue weighted by Crippen LogP contribution is 2.33. The molecule has 0 bridgehead atoms. The SMILES string of the molecule is C=CNc1cc(C)nc2c(OCc3c(Cl)cncc3SCC(=O)N3CCCCC3)cccc12. The predicted octanol–water partition coefficient (Wildman–Crippen LogP) is 5.83. The number of hydrogen-bond donors (Lipinski definition) is 1. The minimum atomic E-state index is 0.155. The van der Waals surface area contributed by atoms with Gasteiger partial charge < -0.3 is 15.0 Å². The van der Waals surface area contributed by atoms with E-state index in [1.54, 1.807) is 18.6 Å². The maximum atomic E-state index is 12.6. The number of benzene rings is 1. The average Bonchev–Trinajstić information content (AvgIpc) is 2.83. The smallest absolute Gasteiger partial charge is 0.232 e. The van der Waals surface area contributed by atoms with Crippen molar-refractivity contribution in [3.05, 3.63) is 65.7 Å². The van der Waals surface area contributed by atoms with Crippen LogP contribution in [0.15, 0.2) is 54.3 Å². The second-order valence-corrected chi connectivity index (χ2v) is 9.35. The molecule has 0 saturated carbocycles. The summed E-state index contributed by atoms with van der Waals surface area (Å²) in [5, 5.41) is 4.63. The van der Waals surface area contributed by atoms with Gasteiger partial charge in [0.25, 0.3) is 0 Å². The number of para-hydroxylation sites is 1. The Morgan fingerprint density at radius 3 is 2.91 bits per heavy atom. The minimum Gasteiger partial charge on any atom is -0.487 e. The monoisotopic (exact) mass is 482 g/mol. The van der Waals surface area contributed by atoms with E-state index in [1.165, 1.54) is 18.2 Å². The number of likely N-dealkylation sites (tertiary alicyclic amines) is 1. The molecule has 0 atom stereocenters. The lowest BCUT2D eigenvalue weighted by Gasteiger charge is -2.26. The fourth-order valence-electron chi connectivity index (χ4n) is 3.93. The fraction of sp³-hybridized carbons (Fsp3) is 0.320. The molecule has 1 fully saturated rings. The van der Waals surface area contributed by atoms with Gasteiger partial charge in [0.1, 0.15) is 17.9 Å². The van der Waals surface area contributed by atoms with Crippen molar-refractivity contribution in [2.45, 2.75) is 37.7 Å². The Labute approximate surface area is 203 Å². The maximum Gasteiger partial charge on any atom is 0.232 e. The van der Waals surface area contributed by atoms with Gasteiger partial charge in [-0.3, -0.25) is 9.78 Å². The molecule has 1 N–H and O–H groups in total. The number of fused-ring (bicyclic) bond motifs is 1. The second kappa shape index (κ2) is 10.9. The number of hydrogen-bond acceptors (Lipinski definition) is 6. The number of carbonyl (C=O) groups excluding carboxylic acids is 1. The molecule has 33 heavy (non-hydrogen) atoms. The van der Waals surface area contributed by atoms with Gasteiger partial charge in [-0.15, -0.1) is 11.8 Å². The summed E-state index contributed by atoms with van der Waals surface area (Å²) in [4.78, 5) is 24.3. The lowest BCUT2D eigenvalue weighted by molar-refractivity contribution is -0.129. The maximum absolute atomic E-state index is 12.6. The molecule has 1 amide bonds. The number of ether oxygens (including phenoxy) is 1. The molecule has 8 heteroatoms. The van der Waals surface area contributed by atoms with Crippen LogP contribution in [0, 0.1) is 6.92 Å². The number of rotatable bonds is 8. The number of nitrogens with zero attached hydrogens (tertiary/aromatic N) is 3. The Kier molecular flexibility index (Phi) is 7.73. The van der Waals surface area contributed by atoms with Crippen LogP contribution in [0.1, 0.15) is 30.5 Å². The summed E-state index contributed by atoms with van der Waals surface area (Å²) in [6, 6.07) is 7.80. The molecule has 4 rings (SSSR count). The summed E-state index contributed by atoms with van der Waals surface area (Å²) in [5.74, 6) is 1.18. The number of amides is 1. The van der Waals surface area contributed by atoms with Crippen molar-refractivity contribution in [3.63, 3.8) is 0 Å². The van der Waals surface area contributed by atoms with Crippen molar-refractivity contribution in [2.24, 2.45) is 0 Å². The van der Waals surface area contributed by atoms with Crippen LogP contribution in [-0.4, -0.2) is 39.6 Å². The van der Waals surface area contributed by atoms with Gasteiger partial charge in [-0.1, -0.05) is 30.3 Å². The largest absolute Gasteiger partial charge is 0.487 e. The van der Waals surface area contributed by atoms with Crippen LogP contribution in [0.3, 0.4) is 0 Å². The van der Waals surface area contributed by atoms with Gasteiger partial charge in [0.2, 0.25) is 5.91 Å². The lowest BCUT2D eigenvalue weighted by Crippen LogP contribution is -2.36. The van der Waals surface area contributed by atoms with Crippen molar-refractivity contribution in [1.29, 1.82) is 0 Å². The highest BCUT2D eigenvalue weighted by molar-refractivity contribution is 8.00. The van der Waals surface area contributed by atoms with E-state index in [2.05, 4.69) is 21.9 Å². The normalized spacial score (nSPS) is 13.7. The lowest BCUT2D eigenvalue weighted by atomic mass is 10.1. The number of thioether (sulfide) groups is 1. The van der Waals surface area contributed by atoms with E-state index in [9.17, 15) is 4.79 Å². The number of piperidine rings is 1. The molecule has 1 aliphatic rings. The predicted molar refractivity (Wildman–Crippen MR) is 135 cm³/mol. The molecule has 172 valence electrons.